The van der Waals surface area contributed by atoms with Crippen molar-refractivity contribution in [1.29, 1.82) is 0 Å². The highest BCUT2D eigenvalue weighted by atomic mass is 16.4. The van der Waals surface area contributed by atoms with E-state index in [0.717, 1.165) is 44.9 Å². The topological polar surface area (TPSA) is 115 Å². The molecule has 0 radical (unpaired) electrons. The first-order valence-electron chi connectivity index (χ1n) is 11.9. The van der Waals surface area contributed by atoms with Crippen LogP contribution < -0.4 is 0 Å². The molecule has 4 saturated carbocycles. The molecule has 0 aromatic rings. The van der Waals surface area contributed by atoms with E-state index in [1.54, 1.807) is 0 Å². The van der Waals surface area contributed by atoms with Crippen molar-refractivity contribution in [2.45, 2.75) is 90.3 Å². The second-order valence-corrected chi connectivity index (χ2v) is 11.3. The van der Waals surface area contributed by atoms with E-state index in [2.05, 4.69) is 13.8 Å². The minimum Gasteiger partial charge on any atom is -0.481 e. The molecule has 0 aliphatic heterocycles. The van der Waals surface area contributed by atoms with Gasteiger partial charge in [-0.2, -0.15) is 0 Å². The molecule has 0 heterocycles. The monoisotopic (exact) mass is 422 g/mol. The van der Waals surface area contributed by atoms with E-state index in [0.29, 0.717) is 30.1 Å². The molecule has 4 fully saturated rings. The summed E-state index contributed by atoms with van der Waals surface area (Å²) < 4.78 is 0. The van der Waals surface area contributed by atoms with Gasteiger partial charge in [-0.25, -0.2) is 0 Å². The first kappa shape index (κ1) is 22.1. The van der Waals surface area contributed by atoms with Gasteiger partial charge in [0.2, 0.25) is 0 Å². The Balaban J connectivity index is 1.60. The Labute approximate surface area is 179 Å². The molecule has 10 atom stereocenters. The van der Waals surface area contributed by atoms with Crippen LogP contribution in [0, 0.1) is 46.3 Å². The molecule has 0 saturated heterocycles. The summed E-state index contributed by atoms with van der Waals surface area (Å²) in [5, 5.41) is 40.6. The Morgan fingerprint density at radius 1 is 0.967 bits per heavy atom. The summed E-state index contributed by atoms with van der Waals surface area (Å²) in [6.45, 7) is 4.46. The summed E-state index contributed by atoms with van der Waals surface area (Å²) in [4.78, 5) is 23.2. The lowest BCUT2D eigenvalue weighted by Crippen LogP contribution is -2.59. The molecule has 4 rings (SSSR count). The number of hydrogen-bond acceptors (Lipinski definition) is 4. The quantitative estimate of drug-likeness (QED) is 0.539. The lowest BCUT2D eigenvalue weighted by Gasteiger charge is -2.62. The summed E-state index contributed by atoms with van der Waals surface area (Å²) in [5.41, 5.74) is -0.307. The molecule has 3 unspecified atom stereocenters. The number of carboxylic acid groups (broad SMARTS) is 2. The van der Waals surface area contributed by atoms with Crippen molar-refractivity contribution < 1.29 is 30.0 Å². The van der Waals surface area contributed by atoms with Crippen molar-refractivity contribution in [2.24, 2.45) is 46.3 Å². The Morgan fingerprint density at radius 2 is 1.70 bits per heavy atom. The minimum absolute atomic E-state index is 0.135. The fourth-order valence-corrected chi connectivity index (χ4v) is 8.67. The maximum atomic E-state index is 12.1. The van der Waals surface area contributed by atoms with E-state index in [1.807, 2.05) is 0 Å². The van der Waals surface area contributed by atoms with Gasteiger partial charge in [-0.3, -0.25) is 9.59 Å². The van der Waals surface area contributed by atoms with E-state index in [9.17, 15) is 24.9 Å². The molecule has 6 heteroatoms. The van der Waals surface area contributed by atoms with Gasteiger partial charge >= 0.3 is 11.9 Å². The van der Waals surface area contributed by atoms with Gasteiger partial charge < -0.3 is 20.4 Å². The van der Waals surface area contributed by atoms with Crippen LogP contribution in [0.3, 0.4) is 0 Å². The predicted molar refractivity (Wildman–Crippen MR) is 111 cm³/mol. The van der Waals surface area contributed by atoms with Gasteiger partial charge in [-0.1, -0.05) is 13.8 Å². The van der Waals surface area contributed by atoms with Crippen LogP contribution in [-0.4, -0.2) is 44.6 Å². The average Bonchev–Trinajstić information content (AvgIpc) is 3.02. The number of aliphatic hydroxyl groups is 2. The van der Waals surface area contributed by atoms with Gasteiger partial charge in [0, 0.05) is 11.8 Å². The average molecular weight is 423 g/mol. The van der Waals surface area contributed by atoms with Crippen LogP contribution >= 0.6 is 0 Å². The Kier molecular flexibility index (Phi) is 5.72. The second kappa shape index (κ2) is 7.77. The standard InChI is InChI=1S/C24H38O6/c1-23-10-9-14(25)11-13(23)3-4-15-17-6-7-18(16(22(29)30)5-8-21(27)28)24(17,2)20(26)12-19(15)23/h13-20,25-26H,3-12H2,1-2H3,(H,27,28)(H,29,30)/t13-,14-,15?,16-,17?,18-,19?,20+,23+,24+/m1/s1. The SMILES string of the molecule is C[C@]12C(CC[C@@H]1[C@@H](CCC(=O)O)C(=O)O)C1CC[C@@H]3C[C@H](O)CC[C@]3(C)C1C[C@@H]2O. The van der Waals surface area contributed by atoms with Crippen LogP contribution in [0.15, 0.2) is 0 Å². The number of fused-ring (bicyclic) bond motifs is 5. The van der Waals surface area contributed by atoms with Gasteiger partial charge in [0.1, 0.15) is 0 Å². The van der Waals surface area contributed by atoms with Crippen LogP contribution in [-0.2, 0) is 9.59 Å². The maximum absolute atomic E-state index is 12.1. The lowest BCUT2D eigenvalue weighted by atomic mass is 9.43. The van der Waals surface area contributed by atoms with Crippen LogP contribution in [0.5, 0.6) is 0 Å². The fourth-order valence-electron chi connectivity index (χ4n) is 8.67. The molecule has 4 N–H and O–H groups in total. The number of carbonyl (C=O) groups is 2. The van der Waals surface area contributed by atoms with E-state index >= 15 is 0 Å². The minimum atomic E-state index is -0.962. The third kappa shape index (κ3) is 3.29. The predicted octanol–water partition coefficient (Wildman–Crippen LogP) is 3.54. The smallest absolute Gasteiger partial charge is 0.306 e. The Bertz CT molecular complexity index is 693. The summed E-state index contributed by atoms with van der Waals surface area (Å²) >= 11 is 0. The van der Waals surface area contributed by atoms with Crippen LogP contribution in [0.4, 0.5) is 0 Å². The van der Waals surface area contributed by atoms with Gasteiger partial charge in [0.15, 0.2) is 0 Å². The normalized spacial score (nSPS) is 48.9. The zero-order chi connectivity index (χ0) is 21.8. The summed E-state index contributed by atoms with van der Waals surface area (Å²) in [6.07, 6.45) is 6.59. The highest BCUT2D eigenvalue weighted by Gasteiger charge is 2.64. The van der Waals surface area contributed by atoms with Crippen LogP contribution in [0.2, 0.25) is 0 Å². The number of aliphatic hydroxyl groups excluding tert-OH is 2. The van der Waals surface area contributed by atoms with Crippen molar-refractivity contribution in [2.75, 3.05) is 0 Å². The zero-order valence-electron chi connectivity index (χ0n) is 18.3. The molecule has 4 aliphatic carbocycles. The largest absolute Gasteiger partial charge is 0.481 e. The summed E-state index contributed by atoms with van der Waals surface area (Å²) in [6, 6.07) is 0. The first-order chi connectivity index (χ1) is 14.1. The van der Waals surface area contributed by atoms with E-state index < -0.39 is 29.4 Å². The molecule has 30 heavy (non-hydrogen) atoms. The maximum Gasteiger partial charge on any atom is 0.306 e. The third-order valence-corrected chi connectivity index (χ3v) is 10.3. The number of aliphatic carboxylic acids is 2. The van der Waals surface area contributed by atoms with Crippen LogP contribution in [0.1, 0.15) is 78.1 Å². The first-order valence-corrected chi connectivity index (χ1v) is 11.9. The molecule has 4 aliphatic rings. The van der Waals surface area contributed by atoms with Gasteiger partial charge in [-0.15, -0.1) is 0 Å². The Hall–Kier alpha value is -1.14. The third-order valence-electron chi connectivity index (χ3n) is 10.3. The molecule has 6 nitrogen and oxygen atoms in total. The number of hydrogen-bond donors (Lipinski definition) is 4. The van der Waals surface area contributed by atoms with Crippen molar-refractivity contribution in [3.8, 4) is 0 Å². The van der Waals surface area contributed by atoms with Crippen LogP contribution in [0.25, 0.3) is 0 Å². The molecule has 0 spiro atoms. The highest BCUT2D eigenvalue weighted by molar-refractivity contribution is 5.72. The Morgan fingerprint density at radius 3 is 2.37 bits per heavy atom. The van der Waals surface area contributed by atoms with E-state index in [1.165, 1.54) is 0 Å². The van der Waals surface area contributed by atoms with Crippen molar-refractivity contribution in [1.82, 2.24) is 0 Å². The molecule has 0 aromatic carbocycles. The summed E-state index contributed by atoms with van der Waals surface area (Å²) in [7, 11) is 0. The van der Waals surface area contributed by atoms with Gasteiger partial charge in [0.25, 0.3) is 0 Å². The number of rotatable bonds is 5. The molecule has 170 valence electrons. The molecular weight excluding hydrogens is 384 g/mol. The van der Waals surface area contributed by atoms with Gasteiger partial charge in [-0.05, 0) is 92.8 Å². The van der Waals surface area contributed by atoms with E-state index in [4.69, 9.17) is 5.11 Å². The summed E-state index contributed by atoms with van der Waals surface area (Å²) in [5.74, 6) is -1.03. The second-order valence-electron chi connectivity index (χ2n) is 11.3. The van der Waals surface area contributed by atoms with E-state index in [-0.39, 0.29) is 30.3 Å². The number of carboxylic acids is 2. The molecule has 0 aromatic heterocycles. The van der Waals surface area contributed by atoms with Crippen molar-refractivity contribution in [3.63, 3.8) is 0 Å². The fraction of sp³-hybridized carbons (Fsp3) is 0.917. The lowest BCUT2D eigenvalue weighted by molar-refractivity contribution is -0.179. The van der Waals surface area contributed by atoms with Gasteiger partial charge in [0.05, 0.1) is 18.1 Å². The molecule has 0 bridgehead atoms. The van der Waals surface area contributed by atoms with Crippen molar-refractivity contribution in [3.05, 3.63) is 0 Å². The zero-order valence-corrected chi connectivity index (χ0v) is 18.3. The van der Waals surface area contributed by atoms with Crippen molar-refractivity contribution >= 4 is 11.9 Å². The molecule has 0 amide bonds. The molecular formula is C24H38O6. The highest BCUT2D eigenvalue weighted by Crippen LogP contribution is 2.68.